The summed E-state index contributed by atoms with van der Waals surface area (Å²) in [5, 5.41) is 11.2. The number of ether oxygens (including phenoxy) is 1. The molecule has 0 unspecified atom stereocenters. The molecule has 9 heteroatoms. The summed E-state index contributed by atoms with van der Waals surface area (Å²) < 4.78 is 7.12. The molecule has 1 aliphatic rings. The molecule has 3 rings (SSSR count). The van der Waals surface area contributed by atoms with Crippen molar-refractivity contribution in [3.8, 4) is 5.75 Å². The fourth-order valence-electron chi connectivity index (χ4n) is 2.52. The molecular weight excluding hydrogens is 367 g/mol. The summed E-state index contributed by atoms with van der Waals surface area (Å²) in [6.07, 6.45) is 2.96. The summed E-state index contributed by atoms with van der Waals surface area (Å²) in [5.41, 5.74) is 0.227. The van der Waals surface area contributed by atoms with E-state index < -0.39 is 5.78 Å². The van der Waals surface area contributed by atoms with Crippen LogP contribution in [0.5, 0.6) is 5.75 Å². The first-order valence-corrected chi connectivity index (χ1v) is 8.42. The van der Waals surface area contributed by atoms with Crippen LogP contribution in [-0.4, -0.2) is 38.4 Å². The Morgan fingerprint density at radius 2 is 2.12 bits per heavy atom. The quantitative estimate of drug-likeness (QED) is 0.565. The monoisotopic (exact) mass is 380 g/mol. The Hall–Kier alpha value is -2.25. The van der Waals surface area contributed by atoms with Crippen molar-refractivity contribution >= 4 is 34.8 Å². The van der Waals surface area contributed by atoms with E-state index >= 15 is 0 Å². The third-order valence-corrected chi connectivity index (χ3v) is 4.52. The Kier molecular flexibility index (Phi) is 5.45. The van der Waals surface area contributed by atoms with Crippen LogP contribution < -0.4 is 4.74 Å². The molecule has 1 aromatic heterocycles. The van der Waals surface area contributed by atoms with Gasteiger partial charge in [0.05, 0.1) is 17.1 Å². The first-order chi connectivity index (χ1) is 12.1. The molecule has 0 spiro atoms. The molecule has 1 heterocycles. The van der Waals surface area contributed by atoms with Gasteiger partial charge in [0.25, 0.3) is 0 Å². The summed E-state index contributed by atoms with van der Waals surface area (Å²) >= 11 is 12.4. The molecule has 0 aliphatic heterocycles. The average molecular weight is 381 g/mol. The molecule has 0 atom stereocenters. The van der Waals surface area contributed by atoms with E-state index in [4.69, 9.17) is 27.9 Å². The number of carbonyl (C=O) groups is 2. The lowest BCUT2D eigenvalue weighted by Crippen LogP contribution is -2.18. The van der Waals surface area contributed by atoms with E-state index in [9.17, 15) is 9.59 Å². The maximum atomic E-state index is 12.7. The number of ketones is 2. The van der Waals surface area contributed by atoms with Crippen LogP contribution in [0.15, 0.2) is 35.1 Å². The normalized spacial score (nSPS) is 14.7. The van der Waals surface area contributed by atoms with E-state index in [1.807, 2.05) is 0 Å². The van der Waals surface area contributed by atoms with Crippen LogP contribution in [0.2, 0.25) is 5.02 Å². The summed E-state index contributed by atoms with van der Waals surface area (Å²) in [6, 6.07) is 4.85. The fourth-order valence-corrected chi connectivity index (χ4v) is 3.11. The van der Waals surface area contributed by atoms with Gasteiger partial charge in [-0.15, -0.1) is 5.10 Å². The van der Waals surface area contributed by atoms with Crippen molar-refractivity contribution in [1.29, 1.82) is 0 Å². The molecule has 0 bridgehead atoms. The van der Waals surface area contributed by atoms with Crippen molar-refractivity contribution in [3.05, 3.63) is 45.7 Å². The van der Waals surface area contributed by atoms with Gasteiger partial charge in [-0.05, 0) is 35.4 Å². The summed E-state index contributed by atoms with van der Waals surface area (Å²) in [6.45, 7) is 0.696. The molecule has 0 N–H and O–H groups in total. The lowest BCUT2D eigenvalue weighted by atomic mass is 9.91. The Labute approximate surface area is 153 Å². The number of benzene rings is 1. The lowest BCUT2D eigenvalue weighted by molar-refractivity contribution is -0.115. The third-order valence-electron chi connectivity index (χ3n) is 3.75. The zero-order chi connectivity index (χ0) is 17.8. The number of tetrazole rings is 1. The van der Waals surface area contributed by atoms with Crippen molar-refractivity contribution in [2.45, 2.75) is 25.8 Å². The molecule has 1 aliphatic carbocycles. The van der Waals surface area contributed by atoms with Crippen LogP contribution >= 0.6 is 23.2 Å². The highest BCUT2D eigenvalue weighted by molar-refractivity contribution is 6.42. The molecule has 0 radical (unpaired) electrons. The summed E-state index contributed by atoms with van der Waals surface area (Å²) in [7, 11) is 0. The van der Waals surface area contributed by atoms with E-state index in [0.717, 1.165) is 0 Å². The maximum absolute atomic E-state index is 12.7. The van der Waals surface area contributed by atoms with Crippen molar-refractivity contribution in [1.82, 2.24) is 20.2 Å². The summed E-state index contributed by atoms with van der Waals surface area (Å²) in [5.74, 6) is -0.367. The second-order valence-corrected chi connectivity index (χ2v) is 6.26. The van der Waals surface area contributed by atoms with Gasteiger partial charge in [0.2, 0.25) is 0 Å². The number of Topliss-reactive ketones (excluding diaryl/α,β-unsaturated/α-hetero) is 2. The molecule has 0 saturated heterocycles. The Balaban J connectivity index is 1.78. The molecule has 130 valence electrons. The fraction of sp³-hybridized carbons (Fsp3) is 0.312. The van der Waals surface area contributed by atoms with E-state index in [-0.39, 0.29) is 28.5 Å². The van der Waals surface area contributed by atoms with E-state index in [2.05, 4.69) is 15.5 Å². The predicted octanol–water partition coefficient (Wildman–Crippen LogP) is 2.83. The second kappa shape index (κ2) is 7.76. The minimum absolute atomic E-state index is 0.0284. The van der Waals surface area contributed by atoms with Crippen molar-refractivity contribution < 1.29 is 14.3 Å². The number of aromatic nitrogens is 4. The van der Waals surface area contributed by atoms with Crippen LogP contribution in [0.4, 0.5) is 0 Å². The molecule has 0 amide bonds. The number of rotatable bonds is 6. The highest BCUT2D eigenvalue weighted by Gasteiger charge is 2.28. The minimum atomic E-state index is -0.467. The molecular formula is C16H14Cl2N4O3. The van der Waals surface area contributed by atoms with Crippen molar-refractivity contribution in [2.24, 2.45) is 0 Å². The van der Waals surface area contributed by atoms with Gasteiger partial charge in [0, 0.05) is 17.0 Å². The van der Waals surface area contributed by atoms with E-state index in [1.54, 1.807) is 18.2 Å². The molecule has 0 fully saturated rings. The molecule has 1 aromatic carbocycles. The Morgan fingerprint density at radius 1 is 1.28 bits per heavy atom. The molecule has 0 saturated carbocycles. The highest BCUT2D eigenvalue weighted by atomic mass is 35.5. The van der Waals surface area contributed by atoms with Gasteiger partial charge in [-0.25, -0.2) is 4.68 Å². The van der Waals surface area contributed by atoms with Crippen molar-refractivity contribution in [2.75, 3.05) is 6.61 Å². The van der Waals surface area contributed by atoms with Gasteiger partial charge in [0.1, 0.15) is 18.7 Å². The Bertz CT molecular complexity index is 834. The second-order valence-electron chi connectivity index (χ2n) is 5.42. The maximum Gasteiger partial charge on any atom is 0.199 e. The van der Waals surface area contributed by atoms with E-state index in [0.29, 0.717) is 36.6 Å². The first-order valence-electron chi connectivity index (χ1n) is 7.66. The third kappa shape index (κ3) is 3.88. The first kappa shape index (κ1) is 17.6. The number of nitrogens with zero attached hydrogens (tertiary/aromatic N) is 4. The van der Waals surface area contributed by atoms with Gasteiger partial charge < -0.3 is 4.74 Å². The number of carbonyl (C=O) groups excluding carboxylic acids is 2. The summed E-state index contributed by atoms with van der Waals surface area (Å²) in [4.78, 5) is 24.8. The van der Waals surface area contributed by atoms with Gasteiger partial charge in [-0.3, -0.25) is 9.59 Å². The zero-order valence-electron chi connectivity index (χ0n) is 13.1. The lowest BCUT2D eigenvalue weighted by Gasteiger charge is -2.15. The highest BCUT2D eigenvalue weighted by Crippen LogP contribution is 2.33. The molecule has 2 aromatic rings. The average Bonchev–Trinajstić information content (AvgIpc) is 3.09. The largest absolute Gasteiger partial charge is 0.490 e. The van der Waals surface area contributed by atoms with Gasteiger partial charge >= 0.3 is 0 Å². The van der Waals surface area contributed by atoms with Gasteiger partial charge in [-0.2, -0.15) is 0 Å². The van der Waals surface area contributed by atoms with Gasteiger partial charge in [0.15, 0.2) is 11.6 Å². The van der Waals surface area contributed by atoms with Gasteiger partial charge in [-0.1, -0.05) is 29.3 Å². The Morgan fingerprint density at radius 3 is 2.84 bits per heavy atom. The van der Waals surface area contributed by atoms with E-state index in [1.165, 1.54) is 11.0 Å². The van der Waals surface area contributed by atoms with Crippen molar-refractivity contribution in [3.63, 3.8) is 0 Å². The SMILES string of the molecule is O=C1CCCC(Cl)=C1C(=O)c1cccc(OCCn2cnnn2)c1Cl. The van der Waals surface area contributed by atoms with Crippen LogP contribution in [-0.2, 0) is 11.3 Å². The molecule has 25 heavy (non-hydrogen) atoms. The number of allylic oxidation sites excluding steroid dienone is 2. The predicted molar refractivity (Wildman–Crippen MR) is 90.8 cm³/mol. The number of halogens is 2. The number of hydrogen-bond donors (Lipinski definition) is 0. The van der Waals surface area contributed by atoms with Crippen LogP contribution in [0.25, 0.3) is 0 Å². The topological polar surface area (TPSA) is 87.0 Å². The molecule has 7 nitrogen and oxygen atoms in total. The smallest absolute Gasteiger partial charge is 0.199 e. The number of hydrogen-bond acceptors (Lipinski definition) is 6. The standard InChI is InChI=1S/C16H14Cl2N4O3/c17-11-4-2-5-12(23)14(11)16(24)10-3-1-6-13(15(10)18)25-8-7-22-9-19-20-21-22/h1,3,6,9H,2,4-5,7-8H2. The van der Waals surface area contributed by atoms with Crippen LogP contribution in [0.1, 0.15) is 29.6 Å². The minimum Gasteiger partial charge on any atom is -0.490 e. The zero-order valence-corrected chi connectivity index (χ0v) is 14.6. The van der Waals surface area contributed by atoms with Crippen LogP contribution in [0.3, 0.4) is 0 Å². The van der Waals surface area contributed by atoms with Crippen LogP contribution in [0, 0.1) is 0 Å².